The molecule has 2 N–H and O–H groups in total. The normalized spacial score (nSPS) is 22.1. The van der Waals surface area contributed by atoms with Crippen LogP contribution in [0.25, 0.3) is 0 Å². The number of ether oxygens (including phenoxy) is 1. The summed E-state index contributed by atoms with van der Waals surface area (Å²) in [4.78, 5) is 9.17. The molecule has 174 valence electrons. The minimum Gasteiger partial charge on any atom is -0.495 e. The van der Waals surface area contributed by atoms with Gasteiger partial charge in [0.25, 0.3) is 0 Å². The Labute approximate surface area is 197 Å². The van der Waals surface area contributed by atoms with Crippen molar-refractivity contribution in [3.05, 3.63) is 52.6 Å². The van der Waals surface area contributed by atoms with Crippen molar-refractivity contribution in [3.8, 4) is 5.75 Å². The minimum atomic E-state index is -1.27. The zero-order chi connectivity index (χ0) is 23.3. The Kier molecular flexibility index (Phi) is 8.27. The molecule has 0 amide bonds. The fraction of sp³-hybridized carbons (Fsp3) is 0.478. The van der Waals surface area contributed by atoms with Gasteiger partial charge in [-0.3, -0.25) is 18.7 Å². The Morgan fingerprint density at radius 1 is 1.44 bits per heavy atom. The summed E-state index contributed by atoms with van der Waals surface area (Å²) in [6.07, 6.45) is 9.24. The van der Waals surface area contributed by atoms with Crippen LogP contribution in [0.4, 0.5) is 0 Å². The van der Waals surface area contributed by atoms with Crippen LogP contribution < -0.4 is 10.1 Å². The number of hydrogen-bond acceptors (Lipinski definition) is 5. The summed E-state index contributed by atoms with van der Waals surface area (Å²) < 4.78 is 17.6. The van der Waals surface area contributed by atoms with Gasteiger partial charge in [0.15, 0.2) is 5.17 Å². The lowest BCUT2D eigenvalue weighted by molar-refractivity contribution is -0.935. The first-order valence-corrected chi connectivity index (χ1v) is 12.5. The number of nitrogens with one attached hydrogen (secondary N) is 1. The number of aliphatic hydroxyl groups is 1. The number of benzene rings is 1. The molecule has 0 radical (unpaired) electrons. The van der Waals surface area contributed by atoms with E-state index in [-0.39, 0.29) is 5.92 Å². The first-order valence-electron chi connectivity index (χ1n) is 10.6. The number of aliphatic hydroxyl groups excluding tert-OH is 1. The first-order chi connectivity index (χ1) is 15.2. The molecule has 9 heteroatoms. The van der Waals surface area contributed by atoms with E-state index in [1.807, 2.05) is 26.2 Å². The second-order valence-electron chi connectivity index (χ2n) is 8.64. The predicted molar refractivity (Wildman–Crippen MR) is 132 cm³/mol. The topological polar surface area (TPSA) is 83.3 Å². The van der Waals surface area contributed by atoms with Crippen LogP contribution in [0, 0.1) is 5.92 Å². The highest BCUT2D eigenvalue weighted by Gasteiger charge is 2.40. The monoisotopic (exact) mass is 479 g/mol. The van der Waals surface area contributed by atoms with Gasteiger partial charge in [0, 0.05) is 6.26 Å². The van der Waals surface area contributed by atoms with E-state index in [0.29, 0.717) is 39.3 Å². The highest BCUT2D eigenvalue weighted by Crippen LogP contribution is 2.26. The third kappa shape index (κ3) is 6.07. The second-order valence-corrected chi connectivity index (χ2v) is 10.3. The standard InChI is InChI=1S/C23H32ClN4O3S/c1-28(2,15-16-8-6-5-7-9-16)22(29)18-14-26-23(32(4)30)27-21(18)25-13-17-10-11-20(31-3)19(24)12-17/h5-6,8,10-12,18,22,29H,7,9,13-15H2,1-4H3,(H,25,26,27)/q+1. The van der Waals surface area contributed by atoms with Gasteiger partial charge < -0.3 is 15.2 Å². The highest BCUT2D eigenvalue weighted by molar-refractivity contribution is 7.99. The molecule has 0 aromatic heterocycles. The summed E-state index contributed by atoms with van der Waals surface area (Å²) in [5.74, 6) is 0.855. The zero-order valence-corrected chi connectivity index (χ0v) is 20.6. The summed E-state index contributed by atoms with van der Waals surface area (Å²) in [6.45, 7) is 1.42. The number of rotatable bonds is 7. The molecular formula is C23H32ClN4O3S+. The molecule has 2 aliphatic rings. The van der Waals surface area contributed by atoms with E-state index >= 15 is 0 Å². The Morgan fingerprint density at radius 3 is 2.84 bits per heavy atom. The van der Waals surface area contributed by atoms with Crippen LogP contribution in [-0.4, -0.2) is 71.6 Å². The van der Waals surface area contributed by atoms with E-state index in [2.05, 4.69) is 28.5 Å². The summed E-state index contributed by atoms with van der Waals surface area (Å²) in [7, 11) is 4.34. The van der Waals surface area contributed by atoms with Gasteiger partial charge in [0.1, 0.15) is 24.0 Å². The predicted octanol–water partition coefficient (Wildman–Crippen LogP) is 2.87. The van der Waals surface area contributed by atoms with Gasteiger partial charge in [-0.1, -0.05) is 35.9 Å². The molecular weight excluding hydrogens is 448 g/mol. The molecule has 0 spiro atoms. The molecule has 32 heavy (non-hydrogen) atoms. The van der Waals surface area contributed by atoms with Crippen molar-refractivity contribution in [1.82, 2.24) is 5.32 Å². The lowest BCUT2D eigenvalue weighted by Crippen LogP contribution is -2.59. The number of allylic oxidation sites excluding steroid dienone is 3. The van der Waals surface area contributed by atoms with Crippen molar-refractivity contribution < 1.29 is 18.5 Å². The quantitative estimate of drug-likeness (QED) is 0.465. The third-order valence-electron chi connectivity index (χ3n) is 5.73. The van der Waals surface area contributed by atoms with Gasteiger partial charge in [-0.15, -0.1) is 0 Å². The molecule has 3 atom stereocenters. The van der Waals surface area contributed by atoms with E-state index in [1.165, 1.54) is 5.57 Å². The lowest BCUT2D eigenvalue weighted by atomic mass is 10.00. The lowest BCUT2D eigenvalue weighted by Gasteiger charge is -2.40. The molecule has 7 nitrogen and oxygen atoms in total. The molecule has 1 aromatic rings. The average molecular weight is 480 g/mol. The summed E-state index contributed by atoms with van der Waals surface area (Å²) in [5.41, 5.74) is 2.22. The second kappa shape index (κ2) is 10.7. The highest BCUT2D eigenvalue weighted by atomic mass is 35.5. The van der Waals surface area contributed by atoms with Crippen molar-refractivity contribution in [2.75, 3.05) is 40.6 Å². The summed E-state index contributed by atoms with van der Waals surface area (Å²) in [5, 5.41) is 15.4. The third-order valence-corrected chi connectivity index (χ3v) is 6.80. The first kappa shape index (κ1) is 24.6. The largest absolute Gasteiger partial charge is 0.495 e. The maximum absolute atomic E-state index is 12.0. The molecule has 3 rings (SSSR count). The van der Waals surface area contributed by atoms with Crippen LogP contribution in [0.1, 0.15) is 18.4 Å². The zero-order valence-electron chi connectivity index (χ0n) is 19.0. The SMILES string of the molecule is COc1ccc(CN=C2NC(S(C)=O)=NCC2C(O)[N+](C)(C)CC2=CC=CCC2)cc1Cl. The van der Waals surface area contributed by atoms with Crippen molar-refractivity contribution in [2.24, 2.45) is 15.9 Å². The fourth-order valence-corrected chi connectivity index (χ4v) is 4.72. The number of amidine groups is 2. The van der Waals surface area contributed by atoms with Gasteiger partial charge in [-0.2, -0.15) is 0 Å². The smallest absolute Gasteiger partial charge is 0.202 e. The van der Waals surface area contributed by atoms with E-state index in [0.717, 1.165) is 24.9 Å². The molecule has 0 saturated heterocycles. The van der Waals surface area contributed by atoms with Crippen LogP contribution in [0.5, 0.6) is 5.75 Å². The minimum absolute atomic E-state index is 0.325. The average Bonchev–Trinajstić information content (AvgIpc) is 2.77. The van der Waals surface area contributed by atoms with Gasteiger partial charge in [0.2, 0.25) is 6.23 Å². The van der Waals surface area contributed by atoms with Crippen molar-refractivity contribution in [3.63, 3.8) is 0 Å². The molecule has 3 unspecified atom stereocenters. The number of halogens is 1. The Morgan fingerprint density at radius 2 is 2.22 bits per heavy atom. The van der Waals surface area contributed by atoms with Gasteiger partial charge in [-0.25, -0.2) is 0 Å². The van der Waals surface area contributed by atoms with Crippen molar-refractivity contribution in [2.45, 2.75) is 25.6 Å². The molecule has 0 fully saturated rings. The molecule has 0 saturated carbocycles. The number of methoxy groups -OCH3 is 1. The van der Waals surface area contributed by atoms with Crippen LogP contribution in [0.3, 0.4) is 0 Å². The molecule has 1 heterocycles. The maximum Gasteiger partial charge on any atom is 0.202 e. The number of hydrogen-bond donors (Lipinski definition) is 2. The number of nitrogens with zero attached hydrogens (tertiary/aromatic N) is 3. The van der Waals surface area contributed by atoms with E-state index in [4.69, 9.17) is 21.3 Å². The Balaban J connectivity index is 1.83. The number of quaternary nitrogens is 1. The Bertz CT molecular complexity index is 987. The van der Waals surface area contributed by atoms with Gasteiger partial charge >= 0.3 is 0 Å². The van der Waals surface area contributed by atoms with Crippen LogP contribution >= 0.6 is 11.6 Å². The van der Waals surface area contributed by atoms with Crippen LogP contribution in [-0.2, 0) is 17.3 Å². The van der Waals surface area contributed by atoms with Crippen molar-refractivity contribution >= 4 is 33.4 Å². The van der Waals surface area contributed by atoms with Gasteiger partial charge in [0.05, 0.1) is 50.1 Å². The molecule has 0 bridgehead atoms. The van der Waals surface area contributed by atoms with Crippen LogP contribution in [0.15, 0.2) is 52.0 Å². The van der Waals surface area contributed by atoms with Crippen molar-refractivity contribution in [1.29, 1.82) is 0 Å². The fourth-order valence-electron chi connectivity index (χ4n) is 3.94. The van der Waals surface area contributed by atoms with E-state index in [9.17, 15) is 9.32 Å². The summed E-state index contributed by atoms with van der Waals surface area (Å²) >= 11 is 6.25. The maximum atomic E-state index is 12.0. The summed E-state index contributed by atoms with van der Waals surface area (Å²) in [6, 6.07) is 5.52. The Hall–Kier alpha value is -2.00. The van der Waals surface area contributed by atoms with E-state index < -0.39 is 17.0 Å². The van der Waals surface area contributed by atoms with Crippen LogP contribution in [0.2, 0.25) is 5.02 Å². The number of aliphatic imine (C=N–C) groups is 2. The van der Waals surface area contributed by atoms with E-state index in [1.54, 1.807) is 19.4 Å². The molecule has 1 aromatic carbocycles. The number of likely N-dealkylation sites (N-methyl/N-ethyl adjacent to an activating group) is 1. The molecule has 1 aliphatic heterocycles. The van der Waals surface area contributed by atoms with Gasteiger partial charge in [-0.05, 0) is 36.1 Å². The molecule has 1 aliphatic carbocycles.